The quantitative estimate of drug-likeness (QED) is 0.328. The maximum absolute atomic E-state index is 8.97. The SMILES string of the molecule is N/C(=N/O)c1c(Br)cccc1-n1cnc2ccccc21. The fourth-order valence-electron chi connectivity index (χ4n) is 2.17. The summed E-state index contributed by atoms with van der Waals surface area (Å²) in [6.45, 7) is 0. The zero-order chi connectivity index (χ0) is 14.1. The Bertz CT molecular complexity index is 810. The zero-order valence-electron chi connectivity index (χ0n) is 10.4. The number of benzene rings is 2. The Morgan fingerprint density at radius 1 is 1.20 bits per heavy atom. The van der Waals surface area contributed by atoms with Gasteiger partial charge in [0.05, 0.1) is 22.3 Å². The van der Waals surface area contributed by atoms with E-state index in [1.165, 1.54) is 0 Å². The van der Waals surface area contributed by atoms with Gasteiger partial charge in [0.25, 0.3) is 0 Å². The van der Waals surface area contributed by atoms with Crippen molar-refractivity contribution < 1.29 is 5.21 Å². The second-order valence-corrected chi connectivity index (χ2v) is 5.08. The van der Waals surface area contributed by atoms with Gasteiger partial charge in [-0.05, 0) is 40.2 Å². The summed E-state index contributed by atoms with van der Waals surface area (Å²) in [7, 11) is 0. The molecule has 0 saturated carbocycles. The first-order valence-corrected chi connectivity index (χ1v) is 6.70. The van der Waals surface area contributed by atoms with Gasteiger partial charge in [-0.1, -0.05) is 23.4 Å². The average Bonchev–Trinajstić information content (AvgIpc) is 2.90. The van der Waals surface area contributed by atoms with Gasteiger partial charge in [-0.2, -0.15) is 0 Å². The zero-order valence-corrected chi connectivity index (χ0v) is 11.9. The van der Waals surface area contributed by atoms with E-state index in [0.29, 0.717) is 5.56 Å². The molecule has 3 N–H and O–H groups in total. The number of aromatic nitrogens is 2. The van der Waals surface area contributed by atoms with Crippen molar-refractivity contribution in [1.82, 2.24) is 9.55 Å². The van der Waals surface area contributed by atoms with Gasteiger partial charge in [0, 0.05) is 4.47 Å². The fourth-order valence-corrected chi connectivity index (χ4v) is 2.73. The monoisotopic (exact) mass is 330 g/mol. The first-order chi connectivity index (χ1) is 9.72. The van der Waals surface area contributed by atoms with Gasteiger partial charge in [0.15, 0.2) is 5.84 Å². The van der Waals surface area contributed by atoms with Crippen molar-refractivity contribution >= 4 is 32.8 Å². The molecule has 5 nitrogen and oxygen atoms in total. The molecule has 0 saturated heterocycles. The van der Waals surface area contributed by atoms with Crippen LogP contribution in [0.2, 0.25) is 0 Å². The van der Waals surface area contributed by atoms with E-state index >= 15 is 0 Å². The largest absolute Gasteiger partial charge is 0.409 e. The summed E-state index contributed by atoms with van der Waals surface area (Å²) in [5, 5.41) is 12.1. The maximum Gasteiger partial charge on any atom is 0.173 e. The van der Waals surface area contributed by atoms with Crippen LogP contribution < -0.4 is 5.73 Å². The van der Waals surface area contributed by atoms with E-state index < -0.39 is 0 Å². The summed E-state index contributed by atoms with van der Waals surface area (Å²) in [6.07, 6.45) is 1.72. The molecule has 0 aliphatic carbocycles. The first kappa shape index (κ1) is 12.7. The number of para-hydroxylation sites is 2. The molecule has 0 spiro atoms. The lowest BCUT2D eigenvalue weighted by molar-refractivity contribution is 0.318. The molecular formula is C14H11BrN4O. The number of fused-ring (bicyclic) bond motifs is 1. The fraction of sp³-hybridized carbons (Fsp3) is 0. The molecule has 1 aromatic heterocycles. The van der Waals surface area contributed by atoms with Crippen molar-refractivity contribution in [3.8, 4) is 5.69 Å². The second-order valence-electron chi connectivity index (χ2n) is 4.22. The van der Waals surface area contributed by atoms with E-state index in [4.69, 9.17) is 10.9 Å². The lowest BCUT2D eigenvalue weighted by Gasteiger charge is -2.12. The summed E-state index contributed by atoms with van der Waals surface area (Å²) in [5.41, 5.74) is 9.04. The molecule has 0 radical (unpaired) electrons. The molecule has 0 bridgehead atoms. The number of hydrogen-bond donors (Lipinski definition) is 2. The number of hydrogen-bond acceptors (Lipinski definition) is 3. The Hall–Kier alpha value is -2.34. The van der Waals surface area contributed by atoms with Crippen LogP contribution in [0.5, 0.6) is 0 Å². The molecule has 3 rings (SSSR count). The number of rotatable bonds is 2. The van der Waals surface area contributed by atoms with Gasteiger partial charge in [-0.25, -0.2) is 4.98 Å². The predicted molar refractivity (Wildman–Crippen MR) is 81.3 cm³/mol. The number of nitrogens with zero attached hydrogens (tertiary/aromatic N) is 3. The lowest BCUT2D eigenvalue weighted by Crippen LogP contribution is -2.17. The van der Waals surface area contributed by atoms with Crippen molar-refractivity contribution in [1.29, 1.82) is 0 Å². The van der Waals surface area contributed by atoms with E-state index in [9.17, 15) is 0 Å². The summed E-state index contributed by atoms with van der Waals surface area (Å²) < 4.78 is 2.66. The summed E-state index contributed by atoms with van der Waals surface area (Å²) >= 11 is 3.43. The second kappa shape index (κ2) is 4.97. The summed E-state index contributed by atoms with van der Waals surface area (Å²) in [6, 6.07) is 13.4. The Labute approximate surface area is 123 Å². The van der Waals surface area contributed by atoms with Gasteiger partial charge < -0.3 is 10.9 Å². The summed E-state index contributed by atoms with van der Waals surface area (Å²) in [4.78, 5) is 4.36. The number of oxime groups is 1. The number of nitrogens with two attached hydrogens (primary N) is 1. The number of halogens is 1. The van der Waals surface area contributed by atoms with Gasteiger partial charge in [-0.15, -0.1) is 0 Å². The Morgan fingerprint density at radius 3 is 2.80 bits per heavy atom. The molecule has 0 fully saturated rings. The predicted octanol–water partition coefficient (Wildman–Crippen LogP) is 2.88. The van der Waals surface area contributed by atoms with Crippen molar-refractivity contribution in [3.63, 3.8) is 0 Å². The normalized spacial score (nSPS) is 11.9. The van der Waals surface area contributed by atoms with Crippen LogP contribution in [0.1, 0.15) is 5.56 Å². The van der Waals surface area contributed by atoms with Crippen LogP contribution >= 0.6 is 15.9 Å². The minimum absolute atomic E-state index is 0.0465. The molecule has 0 aliphatic heterocycles. The maximum atomic E-state index is 8.97. The number of amidine groups is 1. The minimum Gasteiger partial charge on any atom is -0.409 e. The van der Waals surface area contributed by atoms with E-state index in [1.807, 2.05) is 47.0 Å². The molecule has 0 amide bonds. The highest BCUT2D eigenvalue weighted by molar-refractivity contribution is 9.10. The molecule has 6 heteroatoms. The van der Waals surface area contributed by atoms with Gasteiger partial charge >= 0.3 is 0 Å². The summed E-state index contributed by atoms with van der Waals surface area (Å²) in [5.74, 6) is 0.0465. The van der Waals surface area contributed by atoms with Crippen LogP contribution in [-0.2, 0) is 0 Å². The third kappa shape index (κ3) is 1.94. The minimum atomic E-state index is 0.0465. The van der Waals surface area contributed by atoms with Crippen molar-refractivity contribution in [2.24, 2.45) is 10.9 Å². The highest BCUT2D eigenvalue weighted by Crippen LogP contribution is 2.26. The molecule has 2 aromatic carbocycles. The van der Waals surface area contributed by atoms with E-state index in [-0.39, 0.29) is 5.84 Å². The molecule has 0 aliphatic rings. The standard InChI is InChI=1S/C14H11BrN4O/c15-9-4-3-7-12(13(9)14(16)18-20)19-8-17-10-5-1-2-6-11(10)19/h1-8,20H,(H2,16,18). The molecule has 20 heavy (non-hydrogen) atoms. The van der Waals surface area contributed by atoms with Crippen molar-refractivity contribution in [2.75, 3.05) is 0 Å². The van der Waals surface area contributed by atoms with Crippen LogP contribution in [0.3, 0.4) is 0 Å². The van der Waals surface area contributed by atoms with Gasteiger partial charge in [-0.3, -0.25) is 4.57 Å². The molecule has 0 atom stereocenters. The topological polar surface area (TPSA) is 76.4 Å². The highest BCUT2D eigenvalue weighted by atomic mass is 79.9. The molecule has 1 heterocycles. The third-order valence-corrected chi connectivity index (χ3v) is 3.73. The average molecular weight is 331 g/mol. The van der Waals surface area contributed by atoms with Gasteiger partial charge in [0.1, 0.15) is 6.33 Å². The van der Waals surface area contributed by atoms with E-state index in [1.54, 1.807) is 6.33 Å². The first-order valence-electron chi connectivity index (χ1n) is 5.91. The Balaban J connectivity index is 2.33. The Kier molecular flexibility index (Phi) is 3.15. The number of imidazole rings is 1. The molecule has 0 unspecified atom stereocenters. The van der Waals surface area contributed by atoms with Crippen LogP contribution in [0, 0.1) is 0 Å². The smallest absolute Gasteiger partial charge is 0.173 e. The third-order valence-electron chi connectivity index (χ3n) is 3.07. The van der Waals surface area contributed by atoms with E-state index in [2.05, 4.69) is 26.1 Å². The van der Waals surface area contributed by atoms with Gasteiger partial charge in [0.2, 0.25) is 0 Å². The van der Waals surface area contributed by atoms with Crippen molar-refractivity contribution in [2.45, 2.75) is 0 Å². The van der Waals surface area contributed by atoms with Crippen LogP contribution in [0.25, 0.3) is 16.7 Å². The molecular weight excluding hydrogens is 320 g/mol. The van der Waals surface area contributed by atoms with Crippen LogP contribution in [0.15, 0.2) is 58.4 Å². The van der Waals surface area contributed by atoms with Crippen LogP contribution in [0.4, 0.5) is 0 Å². The Morgan fingerprint density at radius 2 is 2.00 bits per heavy atom. The molecule has 3 aromatic rings. The lowest BCUT2D eigenvalue weighted by atomic mass is 10.1. The molecule has 100 valence electrons. The van der Waals surface area contributed by atoms with Crippen LogP contribution in [-0.4, -0.2) is 20.6 Å². The van der Waals surface area contributed by atoms with E-state index in [0.717, 1.165) is 21.2 Å². The highest BCUT2D eigenvalue weighted by Gasteiger charge is 2.14. The van der Waals surface area contributed by atoms with Crippen molar-refractivity contribution in [3.05, 3.63) is 58.8 Å².